The van der Waals surface area contributed by atoms with Gasteiger partial charge in [0.15, 0.2) is 0 Å². The van der Waals surface area contributed by atoms with Crippen LogP contribution in [0.2, 0.25) is 0 Å². The molecule has 16 heavy (non-hydrogen) atoms. The molecule has 4 nitrogen and oxygen atoms in total. The van der Waals surface area contributed by atoms with Crippen LogP contribution in [0.15, 0.2) is 18.5 Å². The monoisotopic (exact) mass is 225 g/mol. The predicted octanol–water partition coefficient (Wildman–Crippen LogP) is 0.959. The maximum atomic E-state index is 12.9. The first-order chi connectivity index (χ1) is 7.50. The molecule has 0 fully saturated rings. The number of carbonyl (C=O) groups excluding carboxylic acids is 1. The maximum absolute atomic E-state index is 12.9. The Balaban J connectivity index is 2.53. The van der Waals surface area contributed by atoms with Gasteiger partial charge in [-0.05, 0) is 18.6 Å². The number of rotatable bonds is 4. The quantitative estimate of drug-likeness (QED) is 0.830. The minimum absolute atomic E-state index is 0.0174. The summed E-state index contributed by atoms with van der Waals surface area (Å²) in [5.74, 6) is -0.388. The Hall–Kier alpha value is -1.49. The molecule has 88 valence electrons. The van der Waals surface area contributed by atoms with Crippen LogP contribution in [0.3, 0.4) is 0 Å². The first kappa shape index (κ1) is 12.6. The van der Waals surface area contributed by atoms with Crippen LogP contribution in [0.5, 0.6) is 0 Å². The predicted molar refractivity (Wildman–Crippen MR) is 59.3 cm³/mol. The molecule has 1 atom stereocenters. The lowest BCUT2D eigenvalue weighted by Gasteiger charge is -2.16. The minimum Gasteiger partial charge on any atom is -0.348 e. The second-order valence-electron chi connectivity index (χ2n) is 3.83. The van der Waals surface area contributed by atoms with Crippen molar-refractivity contribution in [3.05, 3.63) is 29.8 Å². The molecule has 1 aromatic heterocycles. The highest BCUT2D eigenvalue weighted by Crippen LogP contribution is 2.11. The third-order valence-electron chi connectivity index (χ3n) is 2.28. The van der Waals surface area contributed by atoms with E-state index in [0.29, 0.717) is 0 Å². The number of nitrogens with zero attached hydrogens (tertiary/aromatic N) is 2. The van der Waals surface area contributed by atoms with Crippen molar-refractivity contribution >= 4 is 5.91 Å². The van der Waals surface area contributed by atoms with E-state index in [4.69, 9.17) is 0 Å². The van der Waals surface area contributed by atoms with E-state index in [9.17, 15) is 9.18 Å². The van der Waals surface area contributed by atoms with Crippen LogP contribution < -0.4 is 5.32 Å². The van der Waals surface area contributed by atoms with Gasteiger partial charge in [-0.25, -0.2) is 4.39 Å². The average molecular weight is 225 g/mol. The Morgan fingerprint density at radius 1 is 1.56 bits per heavy atom. The van der Waals surface area contributed by atoms with E-state index in [1.54, 1.807) is 20.3 Å². The number of nitrogens with one attached hydrogen (secondary N) is 1. The van der Waals surface area contributed by atoms with Crippen LogP contribution in [0.4, 0.5) is 4.39 Å². The van der Waals surface area contributed by atoms with Crippen LogP contribution in [-0.2, 0) is 4.79 Å². The van der Waals surface area contributed by atoms with Crippen LogP contribution in [0.1, 0.15) is 18.5 Å². The summed E-state index contributed by atoms with van der Waals surface area (Å²) in [5, 5.41) is 3.01. The van der Waals surface area contributed by atoms with Gasteiger partial charge in [0.05, 0.1) is 12.7 Å². The molecule has 0 unspecified atom stereocenters. The van der Waals surface area contributed by atoms with Crippen molar-refractivity contribution in [1.82, 2.24) is 15.2 Å². The first-order valence-corrected chi connectivity index (χ1v) is 5.04. The van der Waals surface area contributed by atoms with Gasteiger partial charge in [-0.2, -0.15) is 0 Å². The Morgan fingerprint density at radius 3 is 2.81 bits per heavy atom. The number of hydrogen-bond donors (Lipinski definition) is 1. The summed E-state index contributed by atoms with van der Waals surface area (Å²) in [5.41, 5.74) is 0.728. The highest BCUT2D eigenvalue weighted by Gasteiger charge is 2.09. The molecule has 1 aromatic rings. The van der Waals surface area contributed by atoms with Gasteiger partial charge >= 0.3 is 0 Å². The SMILES string of the molecule is C[C@@H](NCC(=O)N(C)C)c1cncc(F)c1. The number of halogens is 1. The van der Waals surface area contributed by atoms with Crippen molar-refractivity contribution in [3.63, 3.8) is 0 Å². The summed E-state index contributed by atoms with van der Waals surface area (Å²) in [6.45, 7) is 2.09. The molecule has 0 bridgehead atoms. The third kappa shape index (κ3) is 3.58. The van der Waals surface area contributed by atoms with Crippen molar-refractivity contribution in [2.45, 2.75) is 13.0 Å². The Kier molecular flexibility index (Phi) is 4.37. The fraction of sp³-hybridized carbons (Fsp3) is 0.455. The van der Waals surface area contributed by atoms with Gasteiger partial charge in [-0.3, -0.25) is 9.78 Å². The van der Waals surface area contributed by atoms with Gasteiger partial charge in [0.2, 0.25) is 5.91 Å². The Morgan fingerprint density at radius 2 is 2.25 bits per heavy atom. The molecule has 0 aromatic carbocycles. The summed E-state index contributed by atoms with van der Waals surface area (Å²) in [4.78, 5) is 16.6. The van der Waals surface area contributed by atoms with Gasteiger partial charge < -0.3 is 10.2 Å². The third-order valence-corrected chi connectivity index (χ3v) is 2.28. The molecular formula is C11H16FN3O. The zero-order chi connectivity index (χ0) is 12.1. The van der Waals surface area contributed by atoms with Gasteiger partial charge in [-0.1, -0.05) is 0 Å². The molecule has 0 saturated heterocycles. The van der Waals surface area contributed by atoms with Crippen LogP contribution in [-0.4, -0.2) is 36.4 Å². The van der Waals surface area contributed by atoms with E-state index in [1.807, 2.05) is 6.92 Å². The summed E-state index contributed by atoms with van der Waals surface area (Å²) in [6, 6.07) is 1.30. The highest BCUT2D eigenvalue weighted by molar-refractivity contribution is 5.77. The van der Waals surface area contributed by atoms with E-state index in [0.717, 1.165) is 11.8 Å². The van der Waals surface area contributed by atoms with Crippen molar-refractivity contribution in [2.24, 2.45) is 0 Å². The van der Waals surface area contributed by atoms with Crippen molar-refractivity contribution in [1.29, 1.82) is 0 Å². The number of amides is 1. The molecule has 1 heterocycles. The molecular weight excluding hydrogens is 209 g/mol. The number of hydrogen-bond acceptors (Lipinski definition) is 3. The second-order valence-corrected chi connectivity index (χ2v) is 3.83. The highest BCUT2D eigenvalue weighted by atomic mass is 19.1. The van der Waals surface area contributed by atoms with Crippen molar-refractivity contribution in [2.75, 3.05) is 20.6 Å². The van der Waals surface area contributed by atoms with E-state index in [1.165, 1.54) is 11.0 Å². The standard InChI is InChI=1S/C11H16FN3O/c1-8(14-7-11(16)15(2)3)9-4-10(12)6-13-5-9/h4-6,8,14H,7H2,1-3H3/t8-/m1/s1. The molecule has 1 N–H and O–H groups in total. The molecule has 0 saturated carbocycles. The lowest BCUT2D eigenvalue weighted by Crippen LogP contribution is -2.34. The zero-order valence-corrected chi connectivity index (χ0v) is 9.70. The van der Waals surface area contributed by atoms with Crippen LogP contribution in [0.25, 0.3) is 0 Å². The second kappa shape index (κ2) is 5.55. The molecule has 0 spiro atoms. The van der Waals surface area contributed by atoms with Crippen LogP contribution in [0, 0.1) is 5.82 Å². The smallest absolute Gasteiger partial charge is 0.236 e. The molecule has 0 aliphatic rings. The van der Waals surface area contributed by atoms with Crippen molar-refractivity contribution < 1.29 is 9.18 Å². The molecule has 1 amide bonds. The summed E-state index contributed by atoms with van der Waals surface area (Å²) >= 11 is 0. The zero-order valence-electron chi connectivity index (χ0n) is 9.70. The average Bonchev–Trinajstić information content (AvgIpc) is 2.25. The van der Waals surface area contributed by atoms with Gasteiger partial charge in [0.25, 0.3) is 0 Å². The molecule has 5 heteroatoms. The largest absolute Gasteiger partial charge is 0.348 e. The minimum atomic E-state index is -0.370. The summed E-state index contributed by atoms with van der Waals surface area (Å²) < 4.78 is 12.9. The van der Waals surface area contributed by atoms with E-state index in [2.05, 4.69) is 10.3 Å². The van der Waals surface area contributed by atoms with Crippen molar-refractivity contribution in [3.8, 4) is 0 Å². The van der Waals surface area contributed by atoms with E-state index in [-0.39, 0.29) is 24.3 Å². The fourth-order valence-electron chi connectivity index (χ4n) is 1.18. The van der Waals surface area contributed by atoms with E-state index >= 15 is 0 Å². The number of likely N-dealkylation sites (N-methyl/N-ethyl adjacent to an activating group) is 1. The molecule has 1 rings (SSSR count). The molecule has 0 radical (unpaired) electrons. The number of carbonyl (C=O) groups is 1. The van der Waals surface area contributed by atoms with Gasteiger partial charge in [0.1, 0.15) is 5.82 Å². The van der Waals surface area contributed by atoms with Crippen LogP contribution >= 0.6 is 0 Å². The molecule has 0 aliphatic heterocycles. The lowest BCUT2D eigenvalue weighted by atomic mass is 10.1. The molecule has 0 aliphatic carbocycles. The van der Waals surface area contributed by atoms with Gasteiger partial charge in [0, 0.05) is 26.3 Å². The Bertz CT molecular complexity index is 368. The first-order valence-electron chi connectivity index (χ1n) is 5.04. The fourth-order valence-corrected chi connectivity index (χ4v) is 1.18. The summed E-state index contributed by atoms with van der Waals surface area (Å²) in [7, 11) is 3.39. The van der Waals surface area contributed by atoms with E-state index < -0.39 is 0 Å². The number of aromatic nitrogens is 1. The lowest BCUT2D eigenvalue weighted by molar-refractivity contribution is -0.127. The topological polar surface area (TPSA) is 45.2 Å². The maximum Gasteiger partial charge on any atom is 0.236 e. The normalized spacial score (nSPS) is 12.2. The summed E-state index contributed by atoms with van der Waals surface area (Å²) in [6.07, 6.45) is 2.74. The number of pyridine rings is 1. The van der Waals surface area contributed by atoms with Gasteiger partial charge in [-0.15, -0.1) is 0 Å². The Labute approximate surface area is 94.5 Å².